The standard InChI is InChI=1S/C9H12F2N2O2/c1-5-4-13(6(2)3-7(14)15)12-8(5)9(10)11/h4,6,9H,3H2,1-2H3,(H,14,15)/t6-/m1/s1. The Balaban J connectivity index is 2.87. The molecule has 0 saturated heterocycles. The summed E-state index contributed by atoms with van der Waals surface area (Å²) in [6, 6.07) is -0.423. The Kier molecular flexibility index (Phi) is 3.39. The molecule has 0 aliphatic rings. The highest BCUT2D eigenvalue weighted by molar-refractivity contribution is 5.67. The molecule has 84 valence electrons. The SMILES string of the molecule is Cc1cn([C@H](C)CC(=O)O)nc1C(F)F. The first-order chi connectivity index (χ1) is 6.91. The van der Waals surface area contributed by atoms with Crippen LogP contribution in [0.3, 0.4) is 0 Å². The van der Waals surface area contributed by atoms with E-state index in [1.807, 2.05) is 0 Å². The van der Waals surface area contributed by atoms with E-state index in [0.29, 0.717) is 5.56 Å². The molecule has 1 heterocycles. The summed E-state index contributed by atoms with van der Waals surface area (Å²) >= 11 is 0. The van der Waals surface area contributed by atoms with Crippen molar-refractivity contribution in [3.8, 4) is 0 Å². The van der Waals surface area contributed by atoms with E-state index in [2.05, 4.69) is 5.10 Å². The summed E-state index contributed by atoms with van der Waals surface area (Å²) in [5, 5.41) is 12.2. The molecule has 6 heteroatoms. The fourth-order valence-corrected chi connectivity index (χ4v) is 1.28. The smallest absolute Gasteiger partial charge is 0.305 e. The maximum Gasteiger partial charge on any atom is 0.305 e. The average molecular weight is 218 g/mol. The van der Waals surface area contributed by atoms with E-state index in [4.69, 9.17) is 5.11 Å². The normalized spacial score (nSPS) is 13.1. The van der Waals surface area contributed by atoms with Gasteiger partial charge in [0.1, 0.15) is 5.69 Å². The van der Waals surface area contributed by atoms with Crippen molar-refractivity contribution in [2.45, 2.75) is 32.7 Å². The Morgan fingerprint density at radius 1 is 1.67 bits per heavy atom. The third-order valence-electron chi connectivity index (χ3n) is 2.08. The predicted molar refractivity (Wildman–Crippen MR) is 48.9 cm³/mol. The minimum Gasteiger partial charge on any atom is -0.481 e. The van der Waals surface area contributed by atoms with Crippen LogP contribution in [-0.2, 0) is 4.79 Å². The summed E-state index contributed by atoms with van der Waals surface area (Å²) in [6.45, 7) is 3.15. The number of nitrogens with zero attached hydrogens (tertiary/aromatic N) is 2. The third kappa shape index (κ3) is 2.74. The molecule has 1 aromatic rings. The molecule has 0 spiro atoms. The van der Waals surface area contributed by atoms with Gasteiger partial charge in [-0.25, -0.2) is 8.78 Å². The van der Waals surface area contributed by atoms with Gasteiger partial charge in [-0.05, 0) is 19.4 Å². The van der Waals surface area contributed by atoms with Crippen molar-refractivity contribution >= 4 is 5.97 Å². The van der Waals surface area contributed by atoms with Gasteiger partial charge in [0.05, 0.1) is 12.5 Å². The van der Waals surface area contributed by atoms with Crippen LogP contribution >= 0.6 is 0 Å². The molecule has 0 radical (unpaired) electrons. The lowest BCUT2D eigenvalue weighted by Gasteiger charge is -2.08. The molecule has 0 aromatic carbocycles. The molecule has 15 heavy (non-hydrogen) atoms. The molecule has 1 rings (SSSR count). The molecule has 0 aliphatic heterocycles. The van der Waals surface area contributed by atoms with Crippen molar-refractivity contribution < 1.29 is 18.7 Å². The number of aliphatic carboxylic acids is 1. The van der Waals surface area contributed by atoms with Crippen molar-refractivity contribution in [2.75, 3.05) is 0 Å². The van der Waals surface area contributed by atoms with E-state index in [9.17, 15) is 13.6 Å². The highest BCUT2D eigenvalue weighted by Crippen LogP contribution is 2.22. The van der Waals surface area contributed by atoms with Crippen LogP contribution in [0.1, 0.15) is 37.1 Å². The number of carboxylic acids is 1. The van der Waals surface area contributed by atoms with E-state index in [0.717, 1.165) is 0 Å². The fraction of sp³-hybridized carbons (Fsp3) is 0.556. The molecule has 1 atom stereocenters. The third-order valence-corrected chi connectivity index (χ3v) is 2.08. The number of rotatable bonds is 4. The Morgan fingerprint density at radius 3 is 2.67 bits per heavy atom. The van der Waals surface area contributed by atoms with Gasteiger partial charge >= 0.3 is 5.97 Å². The van der Waals surface area contributed by atoms with Crippen LogP contribution in [0.15, 0.2) is 6.20 Å². The van der Waals surface area contributed by atoms with Crippen LogP contribution in [0.4, 0.5) is 8.78 Å². The summed E-state index contributed by atoms with van der Waals surface area (Å²) < 4.78 is 26.0. The minimum atomic E-state index is -2.62. The average Bonchev–Trinajstić information content (AvgIpc) is 2.46. The van der Waals surface area contributed by atoms with Crippen LogP contribution in [0, 0.1) is 6.92 Å². The van der Waals surface area contributed by atoms with Gasteiger partial charge in [-0.1, -0.05) is 0 Å². The fourth-order valence-electron chi connectivity index (χ4n) is 1.28. The zero-order valence-corrected chi connectivity index (χ0v) is 8.44. The maximum atomic E-state index is 12.4. The molecule has 0 amide bonds. The van der Waals surface area contributed by atoms with Crippen molar-refractivity contribution in [3.05, 3.63) is 17.5 Å². The molecule has 0 saturated carbocycles. The lowest BCUT2D eigenvalue weighted by molar-refractivity contribution is -0.137. The zero-order chi connectivity index (χ0) is 11.6. The Bertz CT molecular complexity index is 363. The van der Waals surface area contributed by atoms with E-state index in [1.54, 1.807) is 6.92 Å². The largest absolute Gasteiger partial charge is 0.481 e. The number of halogens is 2. The second-order valence-electron chi connectivity index (χ2n) is 3.42. The van der Waals surface area contributed by atoms with Gasteiger partial charge in [-0.3, -0.25) is 9.48 Å². The molecule has 4 nitrogen and oxygen atoms in total. The van der Waals surface area contributed by atoms with Gasteiger partial charge < -0.3 is 5.11 Å². The number of hydrogen-bond donors (Lipinski definition) is 1. The monoisotopic (exact) mass is 218 g/mol. The highest BCUT2D eigenvalue weighted by atomic mass is 19.3. The predicted octanol–water partition coefficient (Wildman–Crippen LogP) is 2.16. The maximum absolute atomic E-state index is 12.4. The Morgan fingerprint density at radius 2 is 2.27 bits per heavy atom. The summed E-state index contributed by atoms with van der Waals surface area (Å²) in [4.78, 5) is 10.4. The zero-order valence-electron chi connectivity index (χ0n) is 8.44. The molecular formula is C9H12F2N2O2. The molecule has 1 N–H and O–H groups in total. The molecule has 1 aromatic heterocycles. The van der Waals surface area contributed by atoms with Crippen LogP contribution < -0.4 is 0 Å². The number of carboxylic acid groups (broad SMARTS) is 1. The molecular weight excluding hydrogens is 206 g/mol. The van der Waals surface area contributed by atoms with Crippen molar-refractivity contribution in [2.24, 2.45) is 0 Å². The van der Waals surface area contributed by atoms with Gasteiger partial charge in [0.25, 0.3) is 6.43 Å². The van der Waals surface area contributed by atoms with Crippen molar-refractivity contribution in [3.63, 3.8) is 0 Å². The van der Waals surface area contributed by atoms with Crippen LogP contribution in [-0.4, -0.2) is 20.9 Å². The van der Waals surface area contributed by atoms with Gasteiger partial charge in [0.15, 0.2) is 0 Å². The molecule has 0 bridgehead atoms. The van der Waals surface area contributed by atoms with E-state index in [-0.39, 0.29) is 12.1 Å². The summed E-state index contributed by atoms with van der Waals surface area (Å²) in [5.41, 5.74) is 0.0921. The number of alkyl halides is 2. The van der Waals surface area contributed by atoms with Crippen molar-refractivity contribution in [1.29, 1.82) is 0 Å². The van der Waals surface area contributed by atoms with Crippen LogP contribution in [0.2, 0.25) is 0 Å². The van der Waals surface area contributed by atoms with Gasteiger partial charge in [0.2, 0.25) is 0 Å². The summed E-state index contributed by atoms with van der Waals surface area (Å²) in [5.74, 6) is -0.978. The topological polar surface area (TPSA) is 55.1 Å². The Labute approximate surface area is 85.5 Å². The second-order valence-corrected chi connectivity index (χ2v) is 3.42. The van der Waals surface area contributed by atoms with Gasteiger partial charge in [-0.2, -0.15) is 5.10 Å². The van der Waals surface area contributed by atoms with Crippen LogP contribution in [0.25, 0.3) is 0 Å². The van der Waals surface area contributed by atoms with Gasteiger partial charge in [0, 0.05) is 6.20 Å². The number of aryl methyl sites for hydroxylation is 1. The quantitative estimate of drug-likeness (QED) is 0.842. The lowest BCUT2D eigenvalue weighted by atomic mass is 10.2. The number of aromatic nitrogens is 2. The van der Waals surface area contributed by atoms with Crippen molar-refractivity contribution in [1.82, 2.24) is 9.78 Å². The van der Waals surface area contributed by atoms with Crippen LogP contribution in [0.5, 0.6) is 0 Å². The molecule has 0 fully saturated rings. The first-order valence-electron chi connectivity index (χ1n) is 4.47. The lowest BCUT2D eigenvalue weighted by Crippen LogP contribution is -2.11. The van der Waals surface area contributed by atoms with E-state index < -0.39 is 18.4 Å². The van der Waals surface area contributed by atoms with Gasteiger partial charge in [-0.15, -0.1) is 0 Å². The second kappa shape index (κ2) is 4.37. The number of hydrogen-bond acceptors (Lipinski definition) is 2. The summed E-state index contributed by atoms with van der Waals surface area (Å²) in [7, 11) is 0. The first kappa shape index (κ1) is 11.6. The highest BCUT2D eigenvalue weighted by Gasteiger charge is 2.18. The van der Waals surface area contributed by atoms with E-state index in [1.165, 1.54) is 17.8 Å². The minimum absolute atomic E-state index is 0.135. The first-order valence-corrected chi connectivity index (χ1v) is 4.47. The Hall–Kier alpha value is -1.46. The molecule has 0 aliphatic carbocycles. The number of carbonyl (C=O) groups is 1. The summed E-state index contributed by atoms with van der Waals surface area (Å²) in [6.07, 6.45) is -1.32. The molecule has 0 unspecified atom stereocenters. The van der Waals surface area contributed by atoms with E-state index >= 15 is 0 Å².